The highest BCUT2D eigenvalue weighted by Gasteiger charge is 2.18. The first-order valence-corrected chi connectivity index (χ1v) is 5.19. The molecule has 0 aromatic carbocycles. The number of carboxylic acids is 1. The Labute approximate surface area is 77.7 Å². The lowest BCUT2D eigenvalue weighted by atomic mass is 10.1. The molecule has 0 rings (SSSR count). The van der Waals surface area contributed by atoms with E-state index in [-0.39, 0.29) is 11.2 Å². The van der Waals surface area contributed by atoms with Crippen LogP contribution in [0.25, 0.3) is 0 Å². The van der Waals surface area contributed by atoms with Crippen LogP contribution in [0.15, 0.2) is 0 Å². The molecule has 0 aromatic heterocycles. The molecule has 0 spiro atoms. The summed E-state index contributed by atoms with van der Waals surface area (Å²) < 4.78 is 0. The van der Waals surface area contributed by atoms with Gasteiger partial charge in [-0.3, -0.25) is 4.79 Å². The van der Waals surface area contributed by atoms with Gasteiger partial charge in [-0.1, -0.05) is 13.8 Å². The van der Waals surface area contributed by atoms with Gasteiger partial charge >= 0.3 is 5.97 Å². The predicted octanol–water partition coefficient (Wildman–Crippen LogP) is 1.18. The zero-order valence-corrected chi connectivity index (χ0v) is 8.43. The molecule has 0 heterocycles. The number of nitrogens with two attached hydrogens (primary N) is 1. The smallest absolute Gasteiger partial charge is 0.307 e. The fraction of sp³-hybridized carbons (Fsp3) is 0.875. The van der Waals surface area contributed by atoms with Crippen molar-refractivity contribution in [2.24, 2.45) is 11.7 Å². The summed E-state index contributed by atoms with van der Waals surface area (Å²) in [6.45, 7) is 4.36. The Morgan fingerprint density at radius 1 is 1.58 bits per heavy atom. The number of carbonyl (C=O) groups is 1. The Morgan fingerprint density at radius 3 is 2.58 bits per heavy atom. The lowest BCUT2D eigenvalue weighted by Crippen LogP contribution is -2.20. The number of rotatable bonds is 6. The first-order valence-electron chi connectivity index (χ1n) is 4.14. The van der Waals surface area contributed by atoms with Gasteiger partial charge in [-0.2, -0.15) is 11.8 Å². The molecule has 0 aromatic rings. The van der Waals surface area contributed by atoms with Crippen molar-refractivity contribution in [3.63, 3.8) is 0 Å². The second-order valence-electron chi connectivity index (χ2n) is 2.85. The van der Waals surface area contributed by atoms with Crippen LogP contribution < -0.4 is 5.73 Å². The molecule has 4 heteroatoms. The lowest BCUT2D eigenvalue weighted by Gasteiger charge is -2.14. The van der Waals surface area contributed by atoms with Crippen LogP contribution in [0.3, 0.4) is 0 Å². The molecule has 3 nitrogen and oxygen atoms in total. The van der Waals surface area contributed by atoms with Gasteiger partial charge in [0.1, 0.15) is 0 Å². The second kappa shape index (κ2) is 6.31. The van der Waals surface area contributed by atoms with Crippen molar-refractivity contribution < 1.29 is 9.90 Å². The van der Waals surface area contributed by atoms with Crippen molar-refractivity contribution in [3.05, 3.63) is 0 Å². The normalized spacial score (nSPS) is 15.6. The maximum Gasteiger partial charge on any atom is 0.307 e. The molecule has 12 heavy (non-hydrogen) atoms. The lowest BCUT2D eigenvalue weighted by molar-refractivity contribution is -0.140. The van der Waals surface area contributed by atoms with Gasteiger partial charge in [0.05, 0.1) is 5.92 Å². The van der Waals surface area contributed by atoms with Crippen LogP contribution in [0, 0.1) is 5.92 Å². The van der Waals surface area contributed by atoms with E-state index in [2.05, 4.69) is 0 Å². The average Bonchev–Trinajstić information content (AvgIpc) is 2.03. The summed E-state index contributed by atoms with van der Waals surface area (Å²) >= 11 is 1.68. The molecule has 72 valence electrons. The van der Waals surface area contributed by atoms with Crippen molar-refractivity contribution in [3.8, 4) is 0 Å². The minimum absolute atomic E-state index is 0.175. The largest absolute Gasteiger partial charge is 0.481 e. The number of carboxylic acid groups (broad SMARTS) is 1. The van der Waals surface area contributed by atoms with E-state index < -0.39 is 5.97 Å². The van der Waals surface area contributed by atoms with Gasteiger partial charge in [0.25, 0.3) is 0 Å². The number of hydrogen-bond donors (Lipinski definition) is 2. The number of aliphatic carboxylic acids is 1. The van der Waals surface area contributed by atoms with Gasteiger partial charge in [0, 0.05) is 5.25 Å². The third-order valence-electron chi connectivity index (χ3n) is 1.82. The predicted molar refractivity (Wildman–Crippen MR) is 52.4 cm³/mol. The zero-order chi connectivity index (χ0) is 9.56. The molecular weight excluding hydrogens is 174 g/mol. The molecule has 0 saturated carbocycles. The van der Waals surface area contributed by atoms with Gasteiger partial charge in [-0.05, 0) is 18.7 Å². The highest BCUT2D eigenvalue weighted by Crippen LogP contribution is 2.19. The molecule has 2 unspecified atom stereocenters. The molecule has 3 N–H and O–H groups in total. The highest BCUT2D eigenvalue weighted by atomic mass is 32.2. The summed E-state index contributed by atoms with van der Waals surface area (Å²) in [5.41, 5.74) is 5.32. The van der Waals surface area contributed by atoms with Crippen molar-refractivity contribution in [2.75, 3.05) is 12.3 Å². The summed E-state index contributed by atoms with van der Waals surface area (Å²) in [5, 5.41) is 8.85. The van der Waals surface area contributed by atoms with Crippen LogP contribution >= 0.6 is 11.8 Å². The molecule has 0 amide bonds. The average molecular weight is 191 g/mol. The van der Waals surface area contributed by atoms with Crippen LogP contribution in [0.5, 0.6) is 0 Å². The number of hydrogen-bond acceptors (Lipinski definition) is 3. The second-order valence-corrected chi connectivity index (χ2v) is 4.33. The molecule has 2 atom stereocenters. The Hall–Kier alpha value is -0.220. The molecular formula is C8H17NO2S. The van der Waals surface area contributed by atoms with Crippen molar-refractivity contribution in [1.29, 1.82) is 0 Å². The third-order valence-corrected chi connectivity index (χ3v) is 3.28. The van der Waals surface area contributed by atoms with E-state index in [1.165, 1.54) is 0 Å². The number of thioether (sulfide) groups is 1. The van der Waals surface area contributed by atoms with Crippen molar-refractivity contribution in [2.45, 2.75) is 25.5 Å². The Morgan fingerprint density at radius 2 is 2.17 bits per heavy atom. The molecule has 0 saturated heterocycles. The van der Waals surface area contributed by atoms with E-state index in [4.69, 9.17) is 10.8 Å². The molecule has 0 aliphatic rings. The topological polar surface area (TPSA) is 63.3 Å². The minimum Gasteiger partial charge on any atom is -0.481 e. The fourth-order valence-electron chi connectivity index (χ4n) is 0.698. The zero-order valence-electron chi connectivity index (χ0n) is 7.62. The summed E-state index contributed by atoms with van der Waals surface area (Å²) in [6, 6.07) is 0. The summed E-state index contributed by atoms with van der Waals surface area (Å²) in [6.07, 6.45) is 0.960. The van der Waals surface area contributed by atoms with Gasteiger partial charge in [-0.15, -0.1) is 0 Å². The first-order chi connectivity index (χ1) is 5.59. The maximum atomic E-state index is 10.5. The van der Waals surface area contributed by atoms with Crippen molar-refractivity contribution in [1.82, 2.24) is 0 Å². The summed E-state index contributed by atoms with van der Waals surface area (Å²) in [4.78, 5) is 10.5. The molecule has 0 fully saturated rings. The van der Waals surface area contributed by atoms with Crippen molar-refractivity contribution >= 4 is 17.7 Å². The summed E-state index contributed by atoms with van der Waals surface area (Å²) in [7, 11) is 0. The van der Waals surface area contributed by atoms with Gasteiger partial charge < -0.3 is 10.8 Å². The van der Waals surface area contributed by atoms with Gasteiger partial charge in [-0.25, -0.2) is 0 Å². The molecule has 0 aliphatic carbocycles. The van der Waals surface area contributed by atoms with E-state index in [1.54, 1.807) is 18.7 Å². The van der Waals surface area contributed by atoms with E-state index in [1.807, 2.05) is 6.92 Å². The monoisotopic (exact) mass is 191 g/mol. The molecule has 0 aliphatic heterocycles. The van der Waals surface area contributed by atoms with E-state index in [9.17, 15) is 4.79 Å². The maximum absolute atomic E-state index is 10.5. The molecule has 0 bridgehead atoms. The van der Waals surface area contributed by atoms with Crippen LogP contribution in [0.2, 0.25) is 0 Å². The summed E-state index contributed by atoms with van der Waals surface area (Å²) in [5.74, 6) is -0.0366. The SMILES string of the molecule is CC(SCCCN)C(C)C(=O)O. The quantitative estimate of drug-likeness (QED) is 0.619. The van der Waals surface area contributed by atoms with E-state index in [0.717, 1.165) is 12.2 Å². The Balaban J connectivity index is 3.56. The van der Waals surface area contributed by atoms with Crippen LogP contribution in [-0.4, -0.2) is 28.6 Å². The first kappa shape index (κ1) is 11.8. The van der Waals surface area contributed by atoms with Gasteiger partial charge in [0.15, 0.2) is 0 Å². The Bertz CT molecular complexity index is 141. The van der Waals surface area contributed by atoms with E-state index >= 15 is 0 Å². The Kier molecular flexibility index (Phi) is 6.20. The molecule has 0 radical (unpaired) electrons. The van der Waals surface area contributed by atoms with Crippen LogP contribution in [0.1, 0.15) is 20.3 Å². The standard InChI is InChI=1S/C8H17NO2S/c1-6(8(10)11)7(2)12-5-3-4-9/h6-7H,3-5,9H2,1-2H3,(H,10,11). The van der Waals surface area contributed by atoms with E-state index in [0.29, 0.717) is 6.54 Å². The van der Waals surface area contributed by atoms with Crippen LogP contribution in [0.4, 0.5) is 0 Å². The highest BCUT2D eigenvalue weighted by molar-refractivity contribution is 7.99. The third kappa shape index (κ3) is 4.62. The minimum atomic E-state index is -0.720. The van der Waals surface area contributed by atoms with Gasteiger partial charge in [0.2, 0.25) is 0 Å². The van der Waals surface area contributed by atoms with Crippen LogP contribution in [-0.2, 0) is 4.79 Å². The fourth-order valence-corrected chi connectivity index (χ4v) is 1.81.